The van der Waals surface area contributed by atoms with Crippen LogP contribution in [-0.2, 0) is 28.4 Å². The zero-order valence-electron chi connectivity index (χ0n) is 17.6. The summed E-state index contributed by atoms with van der Waals surface area (Å²) in [5, 5.41) is 3.67. The average Bonchev–Trinajstić information content (AvgIpc) is 3.22. The number of nitrogens with zero attached hydrogens (tertiary/aromatic N) is 1. The van der Waals surface area contributed by atoms with E-state index in [9.17, 15) is 9.36 Å². The van der Waals surface area contributed by atoms with Crippen LogP contribution in [0.1, 0.15) is 54.0 Å². The summed E-state index contributed by atoms with van der Waals surface area (Å²) in [6.07, 6.45) is 0. The third-order valence-electron chi connectivity index (χ3n) is 3.89. The molecule has 0 N–H and O–H groups in total. The number of ether oxygens (including phenoxy) is 2. The first kappa shape index (κ1) is 24.0. The van der Waals surface area contributed by atoms with Crippen molar-refractivity contribution >= 4 is 13.6 Å². The molecule has 11 heteroatoms. The summed E-state index contributed by atoms with van der Waals surface area (Å²) in [7, 11) is -4.27. The van der Waals surface area contributed by atoms with Crippen LogP contribution in [0.3, 0.4) is 0 Å². The van der Waals surface area contributed by atoms with Crippen LogP contribution in [0.5, 0.6) is 5.75 Å². The number of aryl methyl sites for hydroxylation is 1. The quantitative estimate of drug-likeness (QED) is 0.198. The Morgan fingerprint density at radius 1 is 1.10 bits per heavy atom. The van der Waals surface area contributed by atoms with Gasteiger partial charge in [0.1, 0.15) is 5.75 Å². The van der Waals surface area contributed by atoms with Crippen LogP contribution in [-0.4, -0.2) is 30.9 Å². The third-order valence-corrected chi connectivity index (χ3v) is 5.45. The second-order valence-corrected chi connectivity index (χ2v) is 7.85. The van der Waals surface area contributed by atoms with Gasteiger partial charge in [0.2, 0.25) is 0 Å². The van der Waals surface area contributed by atoms with Crippen molar-refractivity contribution in [1.82, 2.24) is 5.16 Å². The van der Waals surface area contributed by atoms with E-state index in [1.54, 1.807) is 32.9 Å². The predicted octanol–water partition coefficient (Wildman–Crippen LogP) is 4.68. The van der Waals surface area contributed by atoms with Gasteiger partial charge in [-0.2, -0.15) is 0 Å². The maximum atomic E-state index is 13.5. The SMILES string of the molecule is CCOOP(=O)(OOCC)C(Oc1cccc(C)c1C)c1cc(C(=O)OCC)no1. The molecular weight excluding hydrogens is 417 g/mol. The molecule has 1 atom stereocenters. The van der Waals surface area contributed by atoms with Gasteiger partial charge in [0.15, 0.2) is 11.5 Å². The molecule has 0 saturated heterocycles. The fourth-order valence-corrected chi connectivity index (χ4v) is 3.66. The Labute approximate surface area is 174 Å². The summed E-state index contributed by atoms with van der Waals surface area (Å²) in [4.78, 5) is 21.7. The number of carbonyl (C=O) groups is 1. The molecule has 2 rings (SSSR count). The van der Waals surface area contributed by atoms with E-state index in [0.717, 1.165) is 11.1 Å². The first-order chi connectivity index (χ1) is 14.4. The maximum absolute atomic E-state index is 13.5. The highest BCUT2D eigenvalue weighted by Crippen LogP contribution is 2.62. The molecule has 0 aliphatic heterocycles. The summed E-state index contributed by atoms with van der Waals surface area (Å²) in [5.74, 6) is -1.88. The lowest BCUT2D eigenvalue weighted by Gasteiger charge is -2.24. The fraction of sp³-hybridized carbons (Fsp3) is 0.474. The molecule has 1 unspecified atom stereocenters. The first-order valence-electron chi connectivity index (χ1n) is 9.45. The molecule has 1 heterocycles. The molecule has 1 aromatic carbocycles. The number of hydrogen-bond acceptors (Lipinski definition) is 10. The molecule has 0 saturated carbocycles. The molecule has 0 bridgehead atoms. The van der Waals surface area contributed by atoms with Crippen molar-refractivity contribution < 1.29 is 42.5 Å². The highest BCUT2D eigenvalue weighted by Gasteiger charge is 2.46. The van der Waals surface area contributed by atoms with E-state index in [1.807, 2.05) is 19.9 Å². The van der Waals surface area contributed by atoms with Crippen molar-refractivity contribution in [2.45, 2.75) is 40.5 Å². The minimum absolute atomic E-state index is 0.0835. The Hall–Kier alpha value is -2.23. The summed E-state index contributed by atoms with van der Waals surface area (Å²) in [6.45, 7) is 8.99. The lowest BCUT2D eigenvalue weighted by Crippen LogP contribution is -2.14. The normalized spacial score (nSPS) is 12.6. The van der Waals surface area contributed by atoms with Crippen molar-refractivity contribution in [3.8, 4) is 5.75 Å². The molecule has 166 valence electrons. The number of benzene rings is 1. The molecule has 0 fully saturated rings. The Morgan fingerprint density at radius 3 is 2.37 bits per heavy atom. The molecular formula is C19H26NO9P. The minimum atomic E-state index is -4.27. The highest BCUT2D eigenvalue weighted by molar-refractivity contribution is 7.53. The molecule has 2 aromatic rings. The van der Waals surface area contributed by atoms with E-state index in [4.69, 9.17) is 33.1 Å². The summed E-state index contributed by atoms with van der Waals surface area (Å²) in [6, 6.07) is 6.60. The molecule has 10 nitrogen and oxygen atoms in total. The topological polar surface area (TPSA) is 116 Å². The van der Waals surface area contributed by atoms with Gasteiger partial charge in [-0.15, -0.1) is 9.35 Å². The predicted molar refractivity (Wildman–Crippen MR) is 105 cm³/mol. The van der Waals surface area contributed by atoms with Gasteiger partial charge < -0.3 is 14.0 Å². The molecule has 0 aliphatic carbocycles. The lowest BCUT2D eigenvalue weighted by molar-refractivity contribution is -0.267. The lowest BCUT2D eigenvalue weighted by atomic mass is 10.1. The molecule has 1 aromatic heterocycles. The zero-order valence-corrected chi connectivity index (χ0v) is 18.5. The van der Waals surface area contributed by atoms with Gasteiger partial charge in [-0.1, -0.05) is 17.3 Å². The van der Waals surface area contributed by atoms with Gasteiger partial charge >= 0.3 is 13.6 Å². The fourth-order valence-electron chi connectivity index (χ4n) is 2.30. The minimum Gasteiger partial charge on any atom is -0.469 e. The largest absolute Gasteiger partial charge is 0.469 e. The van der Waals surface area contributed by atoms with E-state index in [2.05, 4.69) is 5.16 Å². The Balaban J connectivity index is 2.48. The van der Waals surface area contributed by atoms with Crippen molar-refractivity contribution in [2.75, 3.05) is 19.8 Å². The van der Waals surface area contributed by atoms with Crippen molar-refractivity contribution in [1.29, 1.82) is 0 Å². The second kappa shape index (κ2) is 11.2. The average molecular weight is 443 g/mol. The Kier molecular flexibility index (Phi) is 9.01. The van der Waals surface area contributed by atoms with Gasteiger partial charge in [-0.25, -0.2) is 14.6 Å². The molecule has 0 amide bonds. The number of hydrogen-bond donors (Lipinski definition) is 0. The standard InChI is InChI=1S/C19H26NO9P/c1-6-23-18(21)15-12-17(27-20-15)19(26-16-11-9-10-13(4)14(16)5)30(22,28-24-7-2)29-25-8-3/h9-12,19H,6-8H2,1-5H3. The summed E-state index contributed by atoms with van der Waals surface area (Å²) >= 11 is 0. The highest BCUT2D eigenvalue weighted by atomic mass is 31.2. The summed E-state index contributed by atoms with van der Waals surface area (Å²) < 4.78 is 39.7. The van der Waals surface area contributed by atoms with Gasteiger partial charge in [-0.3, -0.25) is 4.57 Å². The number of esters is 1. The smallest absolute Gasteiger partial charge is 0.432 e. The van der Waals surface area contributed by atoms with Crippen molar-refractivity contribution in [3.63, 3.8) is 0 Å². The summed E-state index contributed by atoms with van der Waals surface area (Å²) in [5.41, 5.74) is 1.62. The van der Waals surface area contributed by atoms with Crippen LogP contribution in [0.4, 0.5) is 0 Å². The van der Waals surface area contributed by atoms with E-state index in [0.29, 0.717) is 5.75 Å². The second-order valence-electron chi connectivity index (χ2n) is 6.01. The van der Waals surface area contributed by atoms with E-state index < -0.39 is 19.4 Å². The van der Waals surface area contributed by atoms with Gasteiger partial charge in [0.25, 0.3) is 5.85 Å². The van der Waals surface area contributed by atoms with Crippen LogP contribution in [0.25, 0.3) is 0 Å². The van der Waals surface area contributed by atoms with E-state index >= 15 is 0 Å². The Bertz CT molecular complexity index is 871. The molecule has 0 spiro atoms. The van der Waals surface area contributed by atoms with Crippen LogP contribution >= 0.6 is 7.60 Å². The van der Waals surface area contributed by atoms with E-state index in [1.165, 1.54) is 6.07 Å². The van der Waals surface area contributed by atoms with Gasteiger partial charge in [0.05, 0.1) is 19.8 Å². The molecule has 0 aliphatic rings. The number of carbonyl (C=O) groups excluding carboxylic acids is 1. The van der Waals surface area contributed by atoms with Crippen LogP contribution < -0.4 is 4.74 Å². The first-order valence-corrected chi connectivity index (χ1v) is 11.1. The van der Waals surface area contributed by atoms with Gasteiger partial charge in [-0.05, 0) is 51.8 Å². The Morgan fingerprint density at radius 2 is 1.77 bits per heavy atom. The van der Waals surface area contributed by atoms with Crippen LogP contribution in [0.15, 0.2) is 28.8 Å². The maximum Gasteiger partial charge on any atom is 0.432 e. The van der Waals surface area contributed by atoms with Gasteiger partial charge in [0, 0.05) is 6.07 Å². The third kappa shape index (κ3) is 5.90. The van der Waals surface area contributed by atoms with Crippen LogP contribution in [0.2, 0.25) is 0 Å². The monoisotopic (exact) mass is 443 g/mol. The number of rotatable bonds is 12. The van der Waals surface area contributed by atoms with Crippen molar-refractivity contribution in [2.24, 2.45) is 0 Å². The van der Waals surface area contributed by atoms with E-state index in [-0.39, 0.29) is 31.3 Å². The zero-order chi connectivity index (χ0) is 22.1. The van der Waals surface area contributed by atoms with Crippen LogP contribution in [0, 0.1) is 13.8 Å². The molecule has 30 heavy (non-hydrogen) atoms. The number of aromatic nitrogens is 1. The van der Waals surface area contributed by atoms with Crippen molar-refractivity contribution in [3.05, 3.63) is 46.8 Å². The molecule has 0 radical (unpaired) electrons.